The number of thioether (sulfide) groups is 1. The Morgan fingerprint density at radius 3 is 2.65 bits per heavy atom. The van der Waals surface area contributed by atoms with Gasteiger partial charge < -0.3 is 5.32 Å². The van der Waals surface area contributed by atoms with Gasteiger partial charge in [0.1, 0.15) is 0 Å². The maximum Gasteiger partial charge on any atom is 0.243 e. The van der Waals surface area contributed by atoms with Gasteiger partial charge in [0.05, 0.1) is 0 Å². The minimum atomic E-state index is 0.0754. The molecule has 0 aromatic heterocycles. The summed E-state index contributed by atoms with van der Waals surface area (Å²) >= 11 is 1.99. The minimum Gasteiger partial charge on any atom is -0.352 e. The fourth-order valence-electron chi connectivity index (χ4n) is 3.19. The standard InChI is InChI=1S/C20H37NOS/c1-2-3-4-5-6-7-11-14-20(22)21-16-18-23-17-15-19-12-9-8-10-13-19/h11,14,19H,2-10,12-13,15-18H2,1H3,(H,21,22)/b14-11+. The third-order valence-corrected chi connectivity index (χ3v) is 5.70. The highest BCUT2D eigenvalue weighted by Crippen LogP contribution is 2.27. The van der Waals surface area contributed by atoms with Gasteiger partial charge in [0.15, 0.2) is 0 Å². The van der Waals surface area contributed by atoms with Crippen LogP contribution in [0.3, 0.4) is 0 Å². The number of carbonyl (C=O) groups is 1. The van der Waals surface area contributed by atoms with Crippen LogP contribution in [-0.2, 0) is 4.79 Å². The fourth-order valence-corrected chi connectivity index (χ4v) is 4.14. The SMILES string of the molecule is CCCCCCC/C=C/C(=O)NCCSCCC1CCCCC1. The number of carbonyl (C=O) groups excluding carboxylic acids is 1. The van der Waals surface area contributed by atoms with Crippen LogP contribution in [0.5, 0.6) is 0 Å². The Morgan fingerprint density at radius 2 is 1.87 bits per heavy atom. The second kappa shape index (κ2) is 15.1. The van der Waals surface area contributed by atoms with Crippen LogP contribution in [0.1, 0.15) is 84.0 Å². The third-order valence-electron chi connectivity index (χ3n) is 4.68. The van der Waals surface area contributed by atoms with Crippen molar-refractivity contribution < 1.29 is 4.79 Å². The van der Waals surface area contributed by atoms with E-state index >= 15 is 0 Å². The largest absolute Gasteiger partial charge is 0.352 e. The summed E-state index contributed by atoms with van der Waals surface area (Å²) in [5, 5.41) is 2.99. The molecule has 0 saturated heterocycles. The molecule has 1 N–H and O–H groups in total. The van der Waals surface area contributed by atoms with E-state index in [4.69, 9.17) is 0 Å². The second-order valence-electron chi connectivity index (χ2n) is 6.80. The molecule has 0 heterocycles. The van der Waals surface area contributed by atoms with Crippen LogP contribution in [0.2, 0.25) is 0 Å². The number of unbranched alkanes of at least 4 members (excludes halogenated alkanes) is 5. The van der Waals surface area contributed by atoms with Crippen LogP contribution in [0.15, 0.2) is 12.2 Å². The zero-order valence-corrected chi connectivity index (χ0v) is 16.0. The molecule has 0 unspecified atom stereocenters. The minimum absolute atomic E-state index is 0.0754. The molecule has 1 aliphatic rings. The van der Waals surface area contributed by atoms with Crippen LogP contribution < -0.4 is 5.32 Å². The van der Waals surface area contributed by atoms with Crippen molar-refractivity contribution in [2.24, 2.45) is 5.92 Å². The van der Waals surface area contributed by atoms with Gasteiger partial charge >= 0.3 is 0 Å². The lowest BCUT2D eigenvalue weighted by molar-refractivity contribution is -0.116. The first-order valence-corrected chi connectivity index (χ1v) is 11.0. The summed E-state index contributed by atoms with van der Waals surface area (Å²) in [5.41, 5.74) is 0. The molecule has 134 valence electrons. The highest BCUT2D eigenvalue weighted by Gasteiger charge is 2.12. The van der Waals surface area contributed by atoms with Crippen molar-refractivity contribution in [3.8, 4) is 0 Å². The maximum atomic E-state index is 11.7. The van der Waals surface area contributed by atoms with Gasteiger partial charge in [0.25, 0.3) is 0 Å². The predicted molar refractivity (Wildman–Crippen MR) is 104 cm³/mol. The van der Waals surface area contributed by atoms with Gasteiger partial charge in [-0.3, -0.25) is 4.79 Å². The lowest BCUT2D eigenvalue weighted by atomic mass is 9.88. The van der Waals surface area contributed by atoms with Crippen molar-refractivity contribution >= 4 is 17.7 Å². The van der Waals surface area contributed by atoms with Crippen molar-refractivity contribution in [3.05, 3.63) is 12.2 Å². The molecule has 1 saturated carbocycles. The van der Waals surface area contributed by atoms with Gasteiger partial charge in [-0.25, -0.2) is 0 Å². The topological polar surface area (TPSA) is 29.1 Å². The summed E-state index contributed by atoms with van der Waals surface area (Å²) in [6, 6.07) is 0. The molecule has 0 aliphatic heterocycles. The summed E-state index contributed by atoms with van der Waals surface area (Å²) in [4.78, 5) is 11.7. The summed E-state index contributed by atoms with van der Waals surface area (Å²) in [6.07, 6.45) is 19.8. The molecule has 3 heteroatoms. The number of hydrogen-bond acceptors (Lipinski definition) is 2. The van der Waals surface area contributed by atoms with Crippen molar-refractivity contribution in [2.45, 2.75) is 84.0 Å². The molecule has 1 rings (SSSR count). The first-order chi connectivity index (χ1) is 11.3. The monoisotopic (exact) mass is 339 g/mol. The molecule has 1 aliphatic carbocycles. The van der Waals surface area contributed by atoms with Crippen molar-refractivity contribution in [1.82, 2.24) is 5.32 Å². The molecule has 1 amide bonds. The van der Waals surface area contributed by atoms with E-state index in [9.17, 15) is 4.79 Å². The molecule has 0 spiro atoms. The van der Waals surface area contributed by atoms with Crippen molar-refractivity contribution in [3.63, 3.8) is 0 Å². The Kier molecular flexibility index (Phi) is 13.5. The van der Waals surface area contributed by atoms with Gasteiger partial charge in [-0.1, -0.05) is 70.8 Å². The second-order valence-corrected chi connectivity index (χ2v) is 8.03. The maximum absolute atomic E-state index is 11.7. The quantitative estimate of drug-likeness (QED) is 0.343. The van der Waals surface area contributed by atoms with E-state index < -0.39 is 0 Å². The average molecular weight is 340 g/mol. The highest BCUT2D eigenvalue weighted by atomic mass is 32.2. The van der Waals surface area contributed by atoms with Gasteiger partial charge in [0.2, 0.25) is 5.91 Å². The van der Waals surface area contributed by atoms with E-state index in [-0.39, 0.29) is 5.91 Å². The molecule has 0 atom stereocenters. The Hall–Kier alpha value is -0.440. The summed E-state index contributed by atoms with van der Waals surface area (Å²) in [7, 11) is 0. The normalized spacial score (nSPS) is 16.0. The zero-order valence-electron chi connectivity index (χ0n) is 15.2. The number of allylic oxidation sites excluding steroid dienone is 1. The van der Waals surface area contributed by atoms with E-state index in [0.29, 0.717) is 0 Å². The summed E-state index contributed by atoms with van der Waals surface area (Å²) < 4.78 is 0. The van der Waals surface area contributed by atoms with Crippen LogP contribution in [-0.4, -0.2) is 24.0 Å². The molecular formula is C20H37NOS. The van der Waals surface area contributed by atoms with Crippen molar-refractivity contribution in [1.29, 1.82) is 0 Å². The smallest absolute Gasteiger partial charge is 0.243 e. The fraction of sp³-hybridized carbons (Fsp3) is 0.850. The van der Waals surface area contributed by atoms with E-state index in [2.05, 4.69) is 12.2 Å². The van der Waals surface area contributed by atoms with Gasteiger partial charge in [-0.2, -0.15) is 11.8 Å². The molecule has 0 aromatic rings. The molecule has 0 aromatic carbocycles. The number of amides is 1. The Balaban J connectivity index is 1.85. The Morgan fingerprint density at radius 1 is 1.09 bits per heavy atom. The van der Waals surface area contributed by atoms with Crippen LogP contribution in [0.4, 0.5) is 0 Å². The van der Waals surface area contributed by atoms with Crippen LogP contribution in [0.25, 0.3) is 0 Å². The predicted octanol–water partition coefficient (Wildman–Crippen LogP) is 5.72. The van der Waals surface area contributed by atoms with E-state index in [0.717, 1.165) is 24.6 Å². The zero-order chi connectivity index (χ0) is 16.6. The Labute approximate surface area is 148 Å². The molecule has 1 fully saturated rings. The van der Waals surface area contributed by atoms with Crippen LogP contribution >= 0.6 is 11.8 Å². The van der Waals surface area contributed by atoms with Gasteiger partial charge in [-0.05, 0) is 37.0 Å². The highest BCUT2D eigenvalue weighted by molar-refractivity contribution is 7.99. The Bertz CT molecular complexity index is 311. The van der Waals surface area contributed by atoms with E-state index in [1.807, 2.05) is 17.8 Å². The third kappa shape index (κ3) is 12.6. The average Bonchev–Trinajstić information content (AvgIpc) is 2.58. The van der Waals surface area contributed by atoms with Crippen molar-refractivity contribution in [2.75, 3.05) is 18.1 Å². The van der Waals surface area contributed by atoms with Gasteiger partial charge in [0, 0.05) is 12.3 Å². The van der Waals surface area contributed by atoms with E-state index in [1.165, 1.54) is 76.4 Å². The lowest BCUT2D eigenvalue weighted by Gasteiger charge is -2.20. The first kappa shape index (κ1) is 20.6. The number of hydrogen-bond donors (Lipinski definition) is 1. The van der Waals surface area contributed by atoms with E-state index in [1.54, 1.807) is 6.08 Å². The number of rotatable bonds is 13. The van der Waals surface area contributed by atoms with Crippen LogP contribution in [0, 0.1) is 5.92 Å². The first-order valence-electron chi connectivity index (χ1n) is 9.85. The molecular weight excluding hydrogens is 302 g/mol. The lowest BCUT2D eigenvalue weighted by Crippen LogP contribution is -2.23. The number of nitrogens with one attached hydrogen (secondary N) is 1. The summed E-state index contributed by atoms with van der Waals surface area (Å²) in [5.74, 6) is 3.36. The summed E-state index contributed by atoms with van der Waals surface area (Å²) in [6.45, 7) is 3.04. The molecule has 0 radical (unpaired) electrons. The molecule has 0 bridgehead atoms. The molecule has 23 heavy (non-hydrogen) atoms. The molecule has 2 nitrogen and oxygen atoms in total. The van der Waals surface area contributed by atoms with Gasteiger partial charge in [-0.15, -0.1) is 0 Å².